The number of halogens is 2. The van der Waals surface area contributed by atoms with Gasteiger partial charge < -0.3 is 14.8 Å². The van der Waals surface area contributed by atoms with Crippen molar-refractivity contribution in [3.63, 3.8) is 0 Å². The van der Waals surface area contributed by atoms with Crippen molar-refractivity contribution in [1.29, 1.82) is 0 Å². The van der Waals surface area contributed by atoms with E-state index in [1.165, 1.54) is 0 Å². The number of fused-ring (bicyclic) bond motifs is 1. The summed E-state index contributed by atoms with van der Waals surface area (Å²) >= 11 is 9.56. The van der Waals surface area contributed by atoms with Crippen molar-refractivity contribution < 1.29 is 14.3 Å². The van der Waals surface area contributed by atoms with Crippen molar-refractivity contribution >= 4 is 50.0 Å². The van der Waals surface area contributed by atoms with Crippen LogP contribution in [0.25, 0.3) is 22.2 Å². The first kappa shape index (κ1) is 24.0. The molecule has 0 saturated heterocycles. The van der Waals surface area contributed by atoms with Gasteiger partial charge >= 0.3 is 0 Å². The molecule has 3 aromatic carbocycles. The standard InChI is InChI=1S/C27H24BrClN2O3/c1-14-10-15(2)25-19(11-14)24(16(3)26(31-25)17-6-8-18(29)9-7-17)27(32)30-21-13-22(33-4)20(28)12-23(21)34-5/h6-13H,1-5H3,(H,30,32). The first-order chi connectivity index (χ1) is 16.2. The summed E-state index contributed by atoms with van der Waals surface area (Å²) in [6.07, 6.45) is 0. The van der Waals surface area contributed by atoms with Gasteiger partial charge in [0.25, 0.3) is 5.91 Å². The Labute approximate surface area is 212 Å². The molecule has 0 aliphatic heterocycles. The molecule has 7 heteroatoms. The number of carbonyl (C=O) groups excluding carboxylic acids is 1. The molecule has 5 nitrogen and oxygen atoms in total. The number of ether oxygens (including phenoxy) is 2. The Hall–Kier alpha value is -3.09. The lowest BCUT2D eigenvalue weighted by molar-refractivity contribution is 0.102. The molecule has 0 atom stereocenters. The van der Waals surface area contributed by atoms with E-state index >= 15 is 0 Å². The van der Waals surface area contributed by atoms with Crippen molar-refractivity contribution in [2.45, 2.75) is 20.8 Å². The van der Waals surface area contributed by atoms with E-state index in [0.717, 1.165) is 43.3 Å². The summed E-state index contributed by atoms with van der Waals surface area (Å²) in [7, 11) is 3.13. The lowest BCUT2D eigenvalue weighted by Crippen LogP contribution is -2.16. The van der Waals surface area contributed by atoms with Gasteiger partial charge in [0, 0.05) is 28.1 Å². The molecule has 34 heavy (non-hydrogen) atoms. The fourth-order valence-electron chi connectivity index (χ4n) is 4.14. The summed E-state index contributed by atoms with van der Waals surface area (Å²) in [5.41, 5.74) is 6.32. The van der Waals surface area contributed by atoms with Crippen LogP contribution in [-0.4, -0.2) is 25.1 Å². The molecule has 1 N–H and O–H groups in total. The van der Waals surface area contributed by atoms with Gasteiger partial charge in [0.2, 0.25) is 0 Å². The normalized spacial score (nSPS) is 10.9. The monoisotopic (exact) mass is 538 g/mol. The first-order valence-electron chi connectivity index (χ1n) is 10.6. The van der Waals surface area contributed by atoms with Crippen LogP contribution in [0.1, 0.15) is 27.0 Å². The molecule has 1 aromatic heterocycles. The molecule has 1 heterocycles. The van der Waals surface area contributed by atoms with Crippen LogP contribution in [0, 0.1) is 20.8 Å². The zero-order chi connectivity index (χ0) is 24.6. The third kappa shape index (κ3) is 4.48. The molecule has 0 spiro atoms. The Morgan fingerprint density at radius 1 is 0.971 bits per heavy atom. The van der Waals surface area contributed by atoms with Gasteiger partial charge in [-0.15, -0.1) is 0 Å². The second-order valence-corrected chi connectivity index (χ2v) is 9.38. The highest BCUT2D eigenvalue weighted by Gasteiger charge is 2.22. The Morgan fingerprint density at radius 3 is 2.29 bits per heavy atom. The topological polar surface area (TPSA) is 60.5 Å². The number of nitrogens with zero attached hydrogens (tertiary/aromatic N) is 1. The number of pyridine rings is 1. The number of benzene rings is 3. The molecular weight excluding hydrogens is 516 g/mol. The SMILES string of the molecule is COc1cc(NC(=O)c2c(C)c(-c3ccc(Cl)cc3)nc3c(C)cc(C)cc23)c(OC)cc1Br. The van der Waals surface area contributed by atoms with Crippen LogP contribution in [0.15, 0.2) is 53.0 Å². The highest BCUT2D eigenvalue weighted by atomic mass is 79.9. The minimum atomic E-state index is -0.257. The van der Waals surface area contributed by atoms with Gasteiger partial charge in [0.15, 0.2) is 0 Å². The molecule has 0 fully saturated rings. The number of amides is 1. The highest BCUT2D eigenvalue weighted by molar-refractivity contribution is 9.10. The molecule has 0 aliphatic rings. The number of hydrogen-bond acceptors (Lipinski definition) is 4. The summed E-state index contributed by atoms with van der Waals surface area (Å²) in [5.74, 6) is 0.844. The quantitative estimate of drug-likeness (QED) is 0.285. The molecule has 0 saturated carbocycles. The van der Waals surface area contributed by atoms with E-state index in [1.807, 2.05) is 51.1 Å². The van der Waals surface area contributed by atoms with Crippen molar-refractivity contribution in [3.8, 4) is 22.8 Å². The van der Waals surface area contributed by atoms with Crippen LogP contribution >= 0.6 is 27.5 Å². The van der Waals surface area contributed by atoms with Crippen molar-refractivity contribution in [2.24, 2.45) is 0 Å². The molecule has 0 unspecified atom stereocenters. The first-order valence-corrected chi connectivity index (χ1v) is 11.8. The number of anilines is 1. The summed E-state index contributed by atoms with van der Waals surface area (Å²) < 4.78 is 11.6. The summed E-state index contributed by atoms with van der Waals surface area (Å²) in [6, 6.07) is 15.0. The molecule has 4 rings (SSSR count). The third-order valence-corrected chi connectivity index (χ3v) is 6.61. The van der Waals surface area contributed by atoms with Crippen molar-refractivity contribution in [3.05, 3.63) is 80.3 Å². The minimum Gasteiger partial charge on any atom is -0.495 e. The number of aryl methyl sites for hydroxylation is 2. The van der Waals surface area contributed by atoms with Crippen molar-refractivity contribution in [2.75, 3.05) is 19.5 Å². The van der Waals surface area contributed by atoms with E-state index in [2.05, 4.69) is 27.3 Å². The van der Waals surface area contributed by atoms with Crippen LogP contribution in [0.3, 0.4) is 0 Å². The van der Waals surface area contributed by atoms with E-state index in [0.29, 0.717) is 27.8 Å². The van der Waals surface area contributed by atoms with Crippen LogP contribution in [0.5, 0.6) is 11.5 Å². The van der Waals surface area contributed by atoms with Gasteiger partial charge in [-0.3, -0.25) is 4.79 Å². The molecule has 0 radical (unpaired) electrons. The van der Waals surface area contributed by atoms with Gasteiger partial charge in [0.1, 0.15) is 11.5 Å². The Bertz CT molecular complexity index is 1420. The van der Waals surface area contributed by atoms with Gasteiger partial charge in [-0.25, -0.2) is 4.98 Å². The smallest absolute Gasteiger partial charge is 0.256 e. The number of nitrogens with one attached hydrogen (secondary N) is 1. The molecular formula is C27H24BrClN2O3. The summed E-state index contributed by atoms with van der Waals surface area (Å²) in [5, 5.41) is 4.47. The summed E-state index contributed by atoms with van der Waals surface area (Å²) in [6.45, 7) is 5.94. The molecule has 0 aliphatic carbocycles. The average Bonchev–Trinajstić information content (AvgIpc) is 2.80. The van der Waals surface area contributed by atoms with Crippen LogP contribution in [0.4, 0.5) is 5.69 Å². The van der Waals surface area contributed by atoms with Crippen LogP contribution < -0.4 is 14.8 Å². The van der Waals surface area contributed by atoms with E-state index in [-0.39, 0.29) is 5.91 Å². The molecule has 4 aromatic rings. The minimum absolute atomic E-state index is 0.257. The maximum Gasteiger partial charge on any atom is 0.256 e. The second-order valence-electron chi connectivity index (χ2n) is 8.09. The maximum atomic E-state index is 13.8. The maximum absolute atomic E-state index is 13.8. The molecule has 0 bridgehead atoms. The largest absolute Gasteiger partial charge is 0.495 e. The predicted octanol–water partition coefficient (Wildman–Crippen LogP) is 7.51. The zero-order valence-electron chi connectivity index (χ0n) is 19.5. The number of rotatable bonds is 5. The van der Waals surface area contributed by atoms with Crippen LogP contribution in [0.2, 0.25) is 5.02 Å². The van der Waals surface area contributed by atoms with E-state index in [1.54, 1.807) is 26.4 Å². The van der Waals surface area contributed by atoms with Gasteiger partial charge in [-0.2, -0.15) is 0 Å². The van der Waals surface area contributed by atoms with E-state index in [9.17, 15) is 4.79 Å². The number of hydrogen-bond donors (Lipinski definition) is 1. The van der Waals surface area contributed by atoms with E-state index < -0.39 is 0 Å². The Kier molecular flexibility index (Phi) is 6.82. The Morgan fingerprint density at radius 2 is 1.65 bits per heavy atom. The average molecular weight is 540 g/mol. The molecule has 174 valence electrons. The van der Waals surface area contributed by atoms with Gasteiger partial charge in [0.05, 0.1) is 41.2 Å². The summed E-state index contributed by atoms with van der Waals surface area (Å²) in [4.78, 5) is 18.8. The van der Waals surface area contributed by atoms with Crippen LogP contribution in [-0.2, 0) is 0 Å². The lowest BCUT2D eigenvalue weighted by Gasteiger charge is -2.18. The number of aromatic nitrogens is 1. The zero-order valence-corrected chi connectivity index (χ0v) is 21.9. The number of carbonyl (C=O) groups is 1. The van der Waals surface area contributed by atoms with Crippen molar-refractivity contribution in [1.82, 2.24) is 4.98 Å². The molecule has 1 amide bonds. The highest BCUT2D eigenvalue weighted by Crippen LogP contribution is 2.38. The van der Waals surface area contributed by atoms with Gasteiger partial charge in [-0.1, -0.05) is 35.4 Å². The van der Waals surface area contributed by atoms with Gasteiger partial charge in [-0.05, 0) is 66.0 Å². The fraction of sp³-hybridized carbons (Fsp3) is 0.185. The lowest BCUT2D eigenvalue weighted by atomic mass is 9.94. The van der Waals surface area contributed by atoms with E-state index in [4.69, 9.17) is 26.1 Å². The number of methoxy groups -OCH3 is 2. The predicted molar refractivity (Wildman–Crippen MR) is 142 cm³/mol. The third-order valence-electron chi connectivity index (χ3n) is 5.73. The Balaban J connectivity index is 1.93. The second kappa shape index (κ2) is 9.65. The fourth-order valence-corrected chi connectivity index (χ4v) is 4.75.